The molecule has 0 aromatic carbocycles. The van der Waals surface area contributed by atoms with Gasteiger partial charge in [0.05, 0.1) is 12.1 Å². The second-order valence-corrected chi connectivity index (χ2v) is 5.80. The van der Waals surface area contributed by atoms with Gasteiger partial charge < -0.3 is 16.4 Å². The maximum Gasteiger partial charge on any atom is 0.239 e. The number of carbonyl (C=O) groups excluding carboxylic acids is 1. The number of nitrogens with one attached hydrogen (secondary N) is 2. The minimum atomic E-state index is -0.259. The first-order valence-corrected chi connectivity index (χ1v) is 6.42. The lowest BCUT2D eigenvalue weighted by Crippen LogP contribution is -2.43. The van der Waals surface area contributed by atoms with Crippen LogP contribution >= 0.6 is 12.2 Å². The molecule has 0 saturated heterocycles. The summed E-state index contributed by atoms with van der Waals surface area (Å²) < 4.78 is 0. The lowest BCUT2D eigenvalue weighted by Gasteiger charge is -2.21. The van der Waals surface area contributed by atoms with Crippen LogP contribution in [0.4, 0.5) is 5.82 Å². The number of carbonyl (C=O) groups is 1. The Morgan fingerprint density at radius 3 is 2.58 bits per heavy atom. The Morgan fingerprint density at radius 2 is 2.05 bits per heavy atom. The summed E-state index contributed by atoms with van der Waals surface area (Å²) in [5, 5.41) is 5.83. The number of nitrogens with zero attached hydrogens (tertiary/aromatic N) is 1. The molecule has 1 amide bonds. The van der Waals surface area contributed by atoms with Crippen molar-refractivity contribution in [1.29, 1.82) is 0 Å². The van der Waals surface area contributed by atoms with Crippen molar-refractivity contribution in [2.45, 2.75) is 33.2 Å². The number of anilines is 1. The molecule has 0 aliphatic rings. The van der Waals surface area contributed by atoms with E-state index in [2.05, 4.69) is 15.6 Å². The van der Waals surface area contributed by atoms with E-state index in [4.69, 9.17) is 18.0 Å². The number of aryl methyl sites for hydroxylation is 1. The van der Waals surface area contributed by atoms with Gasteiger partial charge in [0.1, 0.15) is 10.8 Å². The molecule has 1 rings (SSSR count). The molecule has 1 heterocycles. The van der Waals surface area contributed by atoms with Crippen LogP contribution in [-0.4, -0.2) is 28.0 Å². The standard InChI is InChI=1S/C13H20N4OS/c1-8-5-6-9(11(14)19)12(16-8)15-7-10(18)17-13(2,3)4/h5-6H,7H2,1-4H3,(H2,14,19)(H,15,16)(H,17,18). The van der Waals surface area contributed by atoms with E-state index in [0.717, 1.165) is 5.69 Å². The number of pyridine rings is 1. The van der Waals surface area contributed by atoms with E-state index in [-0.39, 0.29) is 23.0 Å². The highest BCUT2D eigenvalue weighted by Crippen LogP contribution is 2.13. The first kappa shape index (κ1) is 15.4. The normalized spacial score (nSPS) is 10.9. The number of amides is 1. The Balaban J connectivity index is 2.75. The van der Waals surface area contributed by atoms with Crippen molar-refractivity contribution in [3.05, 3.63) is 23.4 Å². The number of nitrogens with two attached hydrogens (primary N) is 1. The summed E-state index contributed by atoms with van der Waals surface area (Å²) in [6.07, 6.45) is 0. The van der Waals surface area contributed by atoms with E-state index >= 15 is 0 Å². The molecule has 0 fully saturated rings. The topological polar surface area (TPSA) is 80.0 Å². The summed E-state index contributed by atoms with van der Waals surface area (Å²) in [5.41, 5.74) is 6.84. The maximum absolute atomic E-state index is 11.7. The zero-order chi connectivity index (χ0) is 14.6. The van der Waals surface area contributed by atoms with E-state index in [1.807, 2.05) is 33.8 Å². The summed E-state index contributed by atoms with van der Waals surface area (Å²) in [5.74, 6) is 0.432. The molecule has 1 aromatic rings. The molecule has 0 unspecified atom stereocenters. The summed E-state index contributed by atoms with van der Waals surface area (Å²) in [6.45, 7) is 7.77. The molecule has 1 aromatic heterocycles. The zero-order valence-electron chi connectivity index (χ0n) is 11.7. The van der Waals surface area contributed by atoms with E-state index in [0.29, 0.717) is 11.4 Å². The summed E-state index contributed by atoms with van der Waals surface area (Å²) in [6, 6.07) is 3.63. The summed E-state index contributed by atoms with van der Waals surface area (Å²) in [7, 11) is 0. The Labute approximate surface area is 119 Å². The quantitative estimate of drug-likeness (QED) is 0.726. The summed E-state index contributed by atoms with van der Waals surface area (Å²) >= 11 is 4.96. The smallest absolute Gasteiger partial charge is 0.239 e. The third-order valence-electron chi connectivity index (χ3n) is 2.23. The SMILES string of the molecule is Cc1ccc(C(N)=S)c(NCC(=O)NC(C)(C)C)n1. The number of hydrogen-bond donors (Lipinski definition) is 3. The van der Waals surface area contributed by atoms with Crippen LogP contribution < -0.4 is 16.4 Å². The Morgan fingerprint density at radius 1 is 1.42 bits per heavy atom. The zero-order valence-corrected chi connectivity index (χ0v) is 12.5. The van der Waals surface area contributed by atoms with Crippen LogP contribution in [0.2, 0.25) is 0 Å². The van der Waals surface area contributed by atoms with Crippen molar-refractivity contribution in [3.8, 4) is 0 Å². The van der Waals surface area contributed by atoms with Crippen molar-refractivity contribution >= 4 is 28.9 Å². The fraction of sp³-hybridized carbons (Fsp3) is 0.462. The fourth-order valence-electron chi connectivity index (χ4n) is 1.52. The monoisotopic (exact) mass is 280 g/mol. The second kappa shape index (κ2) is 5.97. The van der Waals surface area contributed by atoms with Gasteiger partial charge in [-0.2, -0.15) is 0 Å². The van der Waals surface area contributed by atoms with Gasteiger partial charge in [0, 0.05) is 11.2 Å². The number of rotatable bonds is 4. The fourth-order valence-corrected chi connectivity index (χ4v) is 1.68. The van der Waals surface area contributed by atoms with Crippen LogP contribution in [0, 0.1) is 6.92 Å². The third kappa shape index (κ3) is 5.21. The second-order valence-electron chi connectivity index (χ2n) is 5.36. The summed E-state index contributed by atoms with van der Waals surface area (Å²) in [4.78, 5) is 16.3. The molecule has 0 aliphatic heterocycles. The van der Waals surface area contributed by atoms with Crippen LogP contribution in [0.3, 0.4) is 0 Å². The Hall–Kier alpha value is -1.69. The number of thiocarbonyl (C=S) groups is 1. The van der Waals surface area contributed by atoms with Gasteiger partial charge in [-0.3, -0.25) is 4.79 Å². The lowest BCUT2D eigenvalue weighted by atomic mass is 10.1. The maximum atomic E-state index is 11.7. The molecule has 0 saturated carbocycles. The molecular formula is C13H20N4OS. The van der Waals surface area contributed by atoms with Crippen molar-refractivity contribution in [2.75, 3.05) is 11.9 Å². The first-order chi connectivity index (χ1) is 8.69. The van der Waals surface area contributed by atoms with Gasteiger partial charge in [0.15, 0.2) is 0 Å². The predicted octanol–water partition coefficient (Wildman–Crippen LogP) is 1.35. The molecule has 19 heavy (non-hydrogen) atoms. The van der Waals surface area contributed by atoms with Crippen LogP contribution in [0.1, 0.15) is 32.0 Å². The van der Waals surface area contributed by atoms with Crippen molar-refractivity contribution in [3.63, 3.8) is 0 Å². The minimum absolute atomic E-state index is 0.107. The number of aromatic nitrogens is 1. The molecule has 0 aliphatic carbocycles. The van der Waals surface area contributed by atoms with Gasteiger partial charge >= 0.3 is 0 Å². The molecule has 0 radical (unpaired) electrons. The third-order valence-corrected chi connectivity index (χ3v) is 2.45. The Kier molecular flexibility index (Phi) is 4.83. The Bertz CT molecular complexity index is 494. The number of hydrogen-bond acceptors (Lipinski definition) is 4. The first-order valence-electron chi connectivity index (χ1n) is 6.01. The van der Waals surface area contributed by atoms with Gasteiger partial charge in [0.25, 0.3) is 0 Å². The molecule has 104 valence electrons. The highest BCUT2D eigenvalue weighted by molar-refractivity contribution is 7.80. The van der Waals surface area contributed by atoms with E-state index < -0.39 is 0 Å². The van der Waals surface area contributed by atoms with E-state index in [9.17, 15) is 4.79 Å². The van der Waals surface area contributed by atoms with Gasteiger partial charge in [-0.05, 0) is 39.8 Å². The highest BCUT2D eigenvalue weighted by atomic mass is 32.1. The van der Waals surface area contributed by atoms with Crippen LogP contribution in [0.15, 0.2) is 12.1 Å². The average Bonchev–Trinajstić information content (AvgIpc) is 2.23. The minimum Gasteiger partial charge on any atom is -0.389 e. The molecular weight excluding hydrogens is 260 g/mol. The van der Waals surface area contributed by atoms with Crippen molar-refractivity contribution in [1.82, 2.24) is 10.3 Å². The van der Waals surface area contributed by atoms with E-state index in [1.165, 1.54) is 0 Å². The van der Waals surface area contributed by atoms with Crippen molar-refractivity contribution < 1.29 is 4.79 Å². The van der Waals surface area contributed by atoms with Gasteiger partial charge in [-0.1, -0.05) is 12.2 Å². The highest BCUT2D eigenvalue weighted by Gasteiger charge is 2.14. The van der Waals surface area contributed by atoms with Crippen molar-refractivity contribution in [2.24, 2.45) is 5.73 Å². The molecule has 0 atom stereocenters. The van der Waals surface area contributed by atoms with E-state index in [1.54, 1.807) is 6.07 Å². The van der Waals surface area contributed by atoms with Crippen LogP contribution in [0.5, 0.6) is 0 Å². The molecule has 5 nitrogen and oxygen atoms in total. The predicted molar refractivity (Wildman–Crippen MR) is 81.2 cm³/mol. The van der Waals surface area contributed by atoms with Crippen LogP contribution in [0.25, 0.3) is 0 Å². The van der Waals surface area contributed by atoms with Gasteiger partial charge in [0.2, 0.25) is 5.91 Å². The molecule has 0 bridgehead atoms. The largest absolute Gasteiger partial charge is 0.389 e. The average molecular weight is 280 g/mol. The molecule has 0 spiro atoms. The molecule has 4 N–H and O–H groups in total. The van der Waals surface area contributed by atoms with Crippen LogP contribution in [-0.2, 0) is 4.79 Å². The van der Waals surface area contributed by atoms with Gasteiger partial charge in [-0.25, -0.2) is 4.98 Å². The van der Waals surface area contributed by atoms with Gasteiger partial charge in [-0.15, -0.1) is 0 Å². The molecule has 6 heteroatoms. The lowest BCUT2D eigenvalue weighted by molar-refractivity contribution is -0.120.